The standard InChI is InChI=1S/C19H23N3O2Si/c1-25(2,3)9-8-24-14-22-19-11-15(13-23)10-17(18(19)12-21-22)16-4-6-20-7-5-16/h4-7,10-13H,8-9,14H2,1-3H3. The highest BCUT2D eigenvalue weighted by Gasteiger charge is 2.14. The molecular weight excluding hydrogens is 330 g/mol. The van der Waals surface area contributed by atoms with Crippen LogP contribution in [0, 0.1) is 0 Å². The van der Waals surface area contributed by atoms with Crippen LogP contribution in [0.2, 0.25) is 25.7 Å². The molecule has 0 fully saturated rings. The normalized spacial score (nSPS) is 11.8. The molecule has 0 aliphatic heterocycles. The highest BCUT2D eigenvalue weighted by atomic mass is 28.3. The molecule has 5 nitrogen and oxygen atoms in total. The van der Waals surface area contributed by atoms with E-state index in [0.717, 1.165) is 41.0 Å². The van der Waals surface area contributed by atoms with E-state index in [1.807, 2.05) is 35.1 Å². The highest BCUT2D eigenvalue weighted by Crippen LogP contribution is 2.29. The van der Waals surface area contributed by atoms with Crippen LogP contribution < -0.4 is 0 Å². The molecule has 0 N–H and O–H groups in total. The quantitative estimate of drug-likeness (QED) is 0.362. The van der Waals surface area contributed by atoms with Gasteiger partial charge in [0.15, 0.2) is 0 Å². The molecule has 0 aliphatic rings. The lowest BCUT2D eigenvalue weighted by molar-refractivity contribution is 0.0817. The fraction of sp³-hybridized carbons (Fsp3) is 0.316. The average Bonchev–Trinajstić information content (AvgIpc) is 3.01. The third kappa shape index (κ3) is 4.21. The van der Waals surface area contributed by atoms with Crippen LogP contribution in [0.25, 0.3) is 22.0 Å². The Morgan fingerprint density at radius 3 is 2.64 bits per heavy atom. The largest absolute Gasteiger partial charge is 0.360 e. The van der Waals surface area contributed by atoms with E-state index in [1.54, 1.807) is 12.4 Å². The van der Waals surface area contributed by atoms with Gasteiger partial charge in [-0.25, -0.2) is 4.68 Å². The van der Waals surface area contributed by atoms with Crippen molar-refractivity contribution < 1.29 is 9.53 Å². The predicted molar refractivity (Wildman–Crippen MR) is 102 cm³/mol. The molecule has 25 heavy (non-hydrogen) atoms. The maximum Gasteiger partial charge on any atom is 0.150 e. The number of hydrogen-bond acceptors (Lipinski definition) is 4. The SMILES string of the molecule is C[Si](C)(C)CCOCn1ncc2c(-c3ccncc3)cc(C=O)cc21. The molecule has 0 unspecified atom stereocenters. The van der Waals surface area contributed by atoms with Crippen molar-refractivity contribution in [3.05, 3.63) is 48.4 Å². The molecule has 130 valence electrons. The van der Waals surface area contributed by atoms with Gasteiger partial charge in [0.1, 0.15) is 13.0 Å². The lowest BCUT2D eigenvalue weighted by atomic mass is 10.0. The van der Waals surface area contributed by atoms with E-state index in [2.05, 4.69) is 29.7 Å². The third-order valence-electron chi connectivity index (χ3n) is 4.12. The number of carbonyl (C=O) groups excluding carboxylic acids is 1. The van der Waals surface area contributed by atoms with E-state index in [-0.39, 0.29) is 0 Å². The summed E-state index contributed by atoms with van der Waals surface area (Å²) < 4.78 is 7.63. The van der Waals surface area contributed by atoms with Crippen LogP contribution in [0.5, 0.6) is 0 Å². The van der Waals surface area contributed by atoms with E-state index >= 15 is 0 Å². The molecule has 0 saturated carbocycles. The second-order valence-corrected chi connectivity index (χ2v) is 13.0. The number of rotatable bonds is 7. The first-order valence-electron chi connectivity index (χ1n) is 8.41. The Balaban J connectivity index is 1.90. The Morgan fingerprint density at radius 2 is 1.96 bits per heavy atom. The third-order valence-corrected chi connectivity index (χ3v) is 5.83. The van der Waals surface area contributed by atoms with E-state index in [4.69, 9.17) is 4.74 Å². The van der Waals surface area contributed by atoms with Gasteiger partial charge in [0.25, 0.3) is 0 Å². The summed E-state index contributed by atoms with van der Waals surface area (Å²) in [6, 6.07) is 8.75. The summed E-state index contributed by atoms with van der Waals surface area (Å²) in [6.07, 6.45) is 6.20. The van der Waals surface area contributed by atoms with Crippen LogP contribution >= 0.6 is 0 Å². The van der Waals surface area contributed by atoms with Gasteiger partial charge in [0, 0.05) is 38.0 Å². The Labute approximate surface area is 148 Å². The summed E-state index contributed by atoms with van der Waals surface area (Å²) in [6.45, 7) is 8.12. The second kappa shape index (κ2) is 7.29. The molecule has 1 aromatic carbocycles. The van der Waals surface area contributed by atoms with Crippen molar-refractivity contribution in [3.63, 3.8) is 0 Å². The average molecular weight is 353 g/mol. The number of nitrogens with zero attached hydrogens (tertiary/aromatic N) is 3. The van der Waals surface area contributed by atoms with Crippen LogP contribution in [-0.2, 0) is 11.5 Å². The number of ether oxygens (including phenoxy) is 1. The zero-order valence-corrected chi connectivity index (χ0v) is 15.9. The van der Waals surface area contributed by atoms with Crippen LogP contribution in [-0.4, -0.2) is 35.7 Å². The first-order chi connectivity index (χ1) is 12.0. The van der Waals surface area contributed by atoms with Gasteiger partial charge in [-0.15, -0.1) is 0 Å². The summed E-state index contributed by atoms with van der Waals surface area (Å²) in [7, 11) is -1.11. The van der Waals surface area contributed by atoms with E-state index in [9.17, 15) is 4.79 Å². The van der Waals surface area contributed by atoms with Crippen LogP contribution in [0.3, 0.4) is 0 Å². The summed E-state index contributed by atoms with van der Waals surface area (Å²) >= 11 is 0. The Bertz CT molecular complexity index is 870. The van der Waals surface area contributed by atoms with Crippen LogP contribution in [0.1, 0.15) is 10.4 Å². The molecule has 6 heteroatoms. The first-order valence-corrected chi connectivity index (χ1v) is 12.1. The molecule has 0 saturated heterocycles. The van der Waals surface area contributed by atoms with Crippen molar-refractivity contribution in [1.82, 2.24) is 14.8 Å². The minimum Gasteiger partial charge on any atom is -0.360 e. The van der Waals surface area contributed by atoms with Gasteiger partial charge in [-0.2, -0.15) is 5.10 Å². The van der Waals surface area contributed by atoms with E-state index < -0.39 is 8.07 Å². The van der Waals surface area contributed by atoms with Crippen molar-refractivity contribution in [3.8, 4) is 11.1 Å². The second-order valence-electron chi connectivity index (χ2n) is 7.35. The fourth-order valence-electron chi connectivity index (χ4n) is 2.67. The molecule has 0 amide bonds. The number of fused-ring (bicyclic) bond motifs is 1. The molecule has 3 rings (SSSR count). The van der Waals surface area contributed by atoms with Crippen LogP contribution in [0.15, 0.2) is 42.9 Å². The molecule has 2 heterocycles. The minimum absolute atomic E-state index is 0.395. The summed E-state index contributed by atoms with van der Waals surface area (Å²) in [5, 5.41) is 5.47. The van der Waals surface area contributed by atoms with Gasteiger partial charge >= 0.3 is 0 Å². The van der Waals surface area contributed by atoms with E-state index in [1.165, 1.54) is 0 Å². The highest BCUT2D eigenvalue weighted by molar-refractivity contribution is 6.76. The number of carbonyl (C=O) groups is 1. The molecular formula is C19H23N3O2Si. The van der Waals surface area contributed by atoms with Gasteiger partial charge in [0.2, 0.25) is 0 Å². The smallest absolute Gasteiger partial charge is 0.150 e. The maximum atomic E-state index is 11.4. The number of aldehydes is 1. The molecule has 3 aromatic rings. The Hall–Kier alpha value is -2.31. The van der Waals surface area contributed by atoms with Gasteiger partial charge < -0.3 is 4.74 Å². The molecule has 0 bridgehead atoms. The van der Waals surface area contributed by atoms with Gasteiger partial charge in [-0.3, -0.25) is 9.78 Å². The topological polar surface area (TPSA) is 57.0 Å². The molecule has 0 atom stereocenters. The van der Waals surface area contributed by atoms with Crippen molar-refractivity contribution in [1.29, 1.82) is 0 Å². The number of benzene rings is 1. The zero-order chi connectivity index (χ0) is 17.9. The predicted octanol–water partition coefficient (Wildman–Crippen LogP) is 4.22. The number of aromatic nitrogens is 3. The van der Waals surface area contributed by atoms with Crippen LogP contribution in [0.4, 0.5) is 0 Å². The van der Waals surface area contributed by atoms with Crippen molar-refractivity contribution >= 4 is 25.3 Å². The first kappa shape index (κ1) is 17.5. The molecule has 0 radical (unpaired) electrons. The maximum absolute atomic E-state index is 11.4. The molecule has 0 spiro atoms. The van der Waals surface area contributed by atoms with Crippen molar-refractivity contribution in [2.75, 3.05) is 6.61 Å². The molecule has 2 aromatic heterocycles. The molecule has 0 aliphatic carbocycles. The van der Waals surface area contributed by atoms with Crippen molar-refractivity contribution in [2.24, 2.45) is 0 Å². The lowest BCUT2D eigenvalue weighted by Crippen LogP contribution is -2.22. The van der Waals surface area contributed by atoms with Gasteiger partial charge in [-0.05, 0) is 41.4 Å². The summed E-state index contributed by atoms with van der Waals surface area (Å²) in [5.74, 6) is 0. The van der Waals surface area contributed by atoms with Gasteiger partial charge in [-0.1, -0.05) is 19.6 Å². The van der Waals surface area contributed by atoms with Crippen molar-refractivity contribution in [2.45, 2.75) is 32.4 Å². The summed E-state index contributed by atoms with van der Waals surface area (Å²) in [4.78, 5) is 15.4. The minimum atomic E-state index is -1.11. The monoisotopic (exact) mass is 353 g/mol. The lowest BCUT2D eigenvalue weighted by Gasteiger charge is -2.15. The van der Waals surface area contributed by atoms with E-state index in [0.29, 0.717) is 12.3 Å². The number of pyridine rings is 1. The number of hydrogen-bond donors (Lipinski definition) is 0. The Morgan fingerprint density at radius 1 is 1.20 bits per heavy atom. The summed E-state index contributed by atoms with van der Waals surface area (Å²) in [5.41, 5.74) is 3.53. The zero-order valence-electron chi connectivity index (χ0n) is 14.9. The Kier molecular flexibility index (Phi) is 5.10. The fourth-order valence-corrected chi connectivity index (χ4v) is 3.43. The van der Waals surface area contributed by atoms with Gasteiger partial charge in [0.05, 0.1) is 11.7 Å².